The molecular formula is C13H19N3O3S. The van der Waals surface area contributed by atoms with Gasteiger partial charge in [-0.25, -0.2) is 18.4 Å². The second-order valence-corrected chi connectivity index (χ2v) is 6.72. The van der Waals surface area contributed by atoms with Gasteiger partial charge in [-0.05, 0) is 30.9 Å². The molecule has 1 aromatic carbocycles. The first-order chi connectivity index (χ1) is 9.44. The second kappa shape index (κ2) is 6.23. The van der Waals surface area contributed by atoms with Gasteiger partial charge < -0.3 is 10.2 Å². The average Bonchev–Trinajstić information content (AvgIpc) is 2.39. The minimum absolute atomic E-state index is 0.00114. The number of piperidine rings is 1. The smallest absolute Gasteiger partial charge is 0.321 e. The summed E-state index contributed by atoms with van der Waals surface area (Å²) < 4.78 is 22.1. The number of benzene rings is 1. The molecule has 0 unspecified atom stereocenters. The molecular weight excluding hydrogens is 278 g/mol. The maximum absolute atomic E-state index is 12.0. The van der Waals surface area contributed by atoms with Crippen LogP contribution < -0.4 is 10.5 Å². The molecule has 20 heavy (non-hydrogen) atoms. The fourth-order valence-corrected chi connectivity index (χ4v) is 3.35. The topological polar surface area (TPSA) is 92.5 Å². The molecule has 0 spiro atoms. The number of nitrogens with two attached hydrogens (primary N) is 1. The lowest BCUT2D eigenvalue weighted by Gasteiger charge is -2.31. The van der Waals surface area contributed by atoms with E-state index in [1.165, 1.54) is 0 Å². The first-order valence-electron chi connectivity index (χ1n) is 6.55. The van der Waals surface area contributed by atoms with Crippen molar-refractivity contribution in [3.63, 3.8) is 0 Å². The van der Waals surface area contributed by atoms with Gasteiger partial charge >= 0.3 is 6.03 Å². The molecule has 6 nitrogen and oxygen atoms in total. The van der Waals surface area contributed by atoms with Crippen LogP contribution in [0.4, 0.5) is 10.5 Å². The summed E-state index contributed by atoms with van der Waals surface area (Å²) in [6.07, 6.45) is 1.33. The summed E-state index contributed by atoms with van der Waals surface area (Å²) in [4.78, 5) is 13.7. The number of carbonyl (C=O) groups excluding carboxylic acids is 1. The highest BCUT2D eigenvalue weighted by atomic mass is 32.2. The van der Waals surface area contributed by atoms with Gasteiger partial charge in [0, 0.05) is 18.8 Å². The Bertz CT molecular complexity index is 551. The van der Waals surface area contributed by atoms with Gasteiger partial charge in [0.05, 0.1) is 5.75 Å². The van der Waals surface area contributed by atoms with Crippen LogP contribution in [0.15, 0.2) is 30.3 Å². The number of likely N-dealkylation sites (tertiary alicyclic amines) is 1. The fraction of sp³-hybridized carbons (Fsp3) is 0.462. The number of hydrogen-bond donors (Lipinski definition) is 2. The molecule has 1 fully saturated rings. The van der Waals surface area contributed by atoms with Gasteiger partial charge in [0.1, 0.15) is 0 Å². The van der Waals surface area contributed by atoms with Crippen LogP contribution in [0, 0.1) is 5.92 Å². The highest BCUT2D eigenvalue weighted by molar-refractivity contribution is 7.89. The number of hydrogen-bond acceptors (Lipinski definition) is 3. The SMILES string of the molecule is NS(=O)(=O)CC1CCN(C(=O)Nc2ccccc2)CC1. The molecule has 1 aliphatic heterocycles. The molecule has 1 heterocycles. The van der Waals surface area contributed by atoms with Crippen LogP contribution in [0.2, 0.25) is 0 Å². The maximum atomic E-state index is 12.0. The molecule has 3 N–H and O–H groups in total. The molecule has 7 heteroatoms. The monoisotopic (exact) mass is 297 g/mol. The lowest BCUT2D eigenvalue weighted by Crippen LogP contribution is -2.42. The first kappa shape index (κ1) is 14.8. The van der Waals surface area contributed by atoms with E-state index in [2.05, 4.69) is 5.32 Å². The van der Waals surface area contributed by atoms with Gasteiger partial charge in [-0.1, -0.05) is 18.2 Å². The van der Waals surface area contributed by atoms with Gasteiger partial charge in [-0.15, -0.1) is 0 Å². The van der Waals surface area contributed by atoms with E-state index in [0.29, 0.717) is 25.9 Å². The number of nitrogens with zero attached hydrogens (tertiary/aromatic N) is 1. The summed E-state index contributed by atoms with van der Waals surface area (Å²) in [5.74, 6) is 0.0481. The van der Waals surface area contributed by atoms with Crippen LogP contribution in [-0.2, 0) is 10.0 Å². The number of para-hydroxylation sites is 1. The summed E-state index contributed by atoms with van der Waals surface area (Å²) in [5, 5.41) is 7.86. The number of anilines is 1. The standard InChI is InChI=1S/C13H19N3O3S/c14-20(18,19)10-11-6-8-16(9-7-11)13(17)15-12-4-2-1-3-5-12/h1-5,11H,6-10H2,(H,15,17)(H2,14,18,19). The van der Waals surface area contributed by atoms with E-state index in [-0.39, 0.29) is 17.7 Å². The first-order valence-corrected chi connectivity index (χ1v) is 8.27. The third-order valence-corrected chi connectivity index (χ3v) is 4.33. The molecule has 1 aromatic rings. The van der Waals surface area contributed by atoms with E-state index in [4.69, 9.17) is 5.14 Å². The zero-order valence-corrected chi connectivity index (χ0v) is 12.0. The number of primary sulfonamides is 1. The summed E-state index contributed by atoms with van der Waals surface area (Å²) in [6.45, 7) is 1.11. The van der Waals surface area contributed by atoms with Crippen molar-refractivity contribution >= 4 is 21.7 Å². The maximum Gasteiger partial charge on any atom is 0.321 e. The third-order valence-electron chi connectivity index (χ3n) is 3.39. The van der Waals surface area contributed by atoms with Crippen molar-refractivity contribution < 1.29 is 13.2 Å². The number of amides is 2. The molecule has 2 amide bonds. The van der Waals surface area contributed by atoms with Crippen molar-refractivity contribution in [1.82, 2.24) is 4.90 Å². The summed E-state index contributed by atoms with van der Waals surface area (Å²) >= 11 is 0. The number of rotatable bonds is 3. The van der Waals surface area contributed by atoms with E-state index < -0.39 is 10.0 Å². The van der Waals surface area contributed by atoms with Gasteiger partial charge in [-0.2, -0.15) is 0 Å². The fourth-order valence-electron chi connectivity index (χ4n) is 2.36. The van der Waals surface area contributed by atoms with Crippen LogP contribution in [0.1, 0.15) is 12.8 Å². The molecule has 0 radical (unpaired) electrons. The normalized spacial score (nSPS) is 16.9. The summed E-state index contributed by atoms with van der Waals surface area (Å²) in [7, 11) is -3.43. The van der Waals surface area contributed by atoms with E-state index >= 15 is 0 Å². The Hall–Kier alpha value is -1.60. The number of carbonyl (C=O) groups is 1. The van der Waals surface area contributed by atoms with Crippen LogP contribution in [0.3, 0.4) is 0 Å². The molecule has 0 aromatic heterocycles. The molecule has 2 rings (SSSR count). The van der Waals surface area contributed by atoms with Crippen molar-refractivity contribution in [3.8, 4) is 0 Å². The Morgan fingerprint density at radius 2 is 1.85 bits per heavy atom. The molecule has 0 aliphatic carbocycles. The van der Waals surface area contributed by atoms with Gasteiger partial charge in [-0.3, -0.25) is 0 Å². The van der Waals surface area contributed by atoms with E-state index in [1.807, 2.05) is 30.3 Å². The van der Waals surface area contributed by atoms with E-state index in [0.717, 1.165) is 5.69 Å². The quantitative estimate of drug-likeness (QED) is 0.878. The highest BCUT2D eigenvalue weighted by Crippen LogP contribution is 2.19. The molecule has 0 atom stereocenters. The summed E-state index contributed by atoms with van der Waals surface area (Å²) in [5.41, 5.74) is 0.754. The lowest BCUT2D eigenvalue weighted by molar-refractivity contribution is 0.187. The van der Waals surface area contributed by atoms with Crippen LogP contribution in [-0.4, -0.2) is 38.2 Å². The Kier molecular flexibility index (Phi) is 4.61. The van der Waals surface area contributed by atoms with Gasteiger partial charge in [0.25, 0.3) is 0 Å². The van der Waals surface area contributed by atoms with E-state index in [1.54, 1.807) is 4.90 Å². The van der Waals surface area contributed by atoms with Crippen LogP contribution in [0.25, 0.3) is 0 Å². The van der Waals surface area contributed by atoms with E-state index in [9.17, 15) is 13.2 Å². The lowest BCUT2D eigenvalue weighted by atomic mass is 9.99. The minimum Gasteiger partial charge on any atom is -0.325 e. The molecule has 110 valence electrons. The average molecular weight is 297 g/mol. The van der Waals surface area contributed by atoms with Crippen LogP contribution >= 0.6 is 0 Å². The predicted molar refractivity (Wildman–Crippen MR) is 77.7 cm³/mol. The molecule has 1 aliphatic rings. The zero-order valence-electron chi connectivity index (χ0n) is 11.2. The highest BCUT2D eigenvalue weighted by Gasteiger charge is 2.25. The minimum atomic E-state index is -3.43. The molecule has 1 saturated heterocycles. The Balaban J connectivity index is 1.83. The van der Waals surface area contributed by atoms with Crippen molar-refractivity contribution in [3.05, 3.63) is 30.3 Å². The van der Waals surface area contributed by atoms with Crippen molar-refractivity contribution in [1.29, 1.82) is 0 Å². The number of nitrogens with one attached hydrogen (secondary N) is 1. The Labute approximate surface area is 119 Å². The number of urea groups is 1. The van der Waals surface area contributed by atoms with Crippen molar-refractivity contribution in [2.75, 3.05) is 24.2 Å². The Morgan fingerprint density at radius 3 is 2.40 bits per heavy atom. The van der Waals surface area contributed by atoms with Crippen molar-refractivity contribution in [2.45, 2.75) is 12.8 Å². The number of sulfonamides is 1. The zero-order chi connectivity index (χ0) is 14.6. The second-order valence-electron chi connectivity index (χ2n) is 5.06. The molecule has 0 saturated carbocycles. The molecule has 0 bridgehead atoms. The largest absolute Gasteiger partial charge is 0.325 e. The van der Waals surface area contributed by atoms with Gasteiger partial charge in [0.2, 0.25) is 10.0 Å². The van der Waals surface area contributed by atoms with Gasteiger partial charge in [0.15, 0.2) is 0 Å². The predicted octanol–water partition coefficient (Wildman–Crippen LogP) is 1.22. The third kappa shape index (κ3) is 4.50. The Morgan fingerprint density at radius 1 is 1.25 bits per heavy atom. The van der Waals surface area contributed by atoms with Crippen molar-refractivity contribution in [2.24, 2.45) is 11.1 Å². The summed E-state index contributed by atoms with van der Waals surface area (Å²) in [6, 6.07) is 9.10. The van der Waals surface area contributed by atoms with Crippen LogP contribution in [0.5, 0.6) is 0 Å².